The predicted molar refractivity (Wildman–Crippen MR) is 115 cm³/mol. The van der Waals surface area contributed by atoms with Crippen molar-refractivity contribution in [3.05, 3.63) is 65.0 Å². The Morgan fingerprint density at radius 3 is 2.61 bits per heavy atom. The average Bonchev–Trinajstić information content (AvgIpc) is 2.75. The first-order valence-corrected chi connectivity index (χ1v) is 10.7. The van der Waals surface area contributed by atoms with Gasteiger partial charge in [-0.1, -0.05) is 24.3 Å². The second-order valence-electron chi connectivity index (χ2n) is 7.87. The molecule has 2 aromatic carbocycles. The maximum atomic E-state index is 13.3. The lowest BCUT2D eigenvalue weighted by molar-refractivity contribution is -0.137. The smallest absolute Gasteiger partial charge is 0.303 e. The Balaban J connectivity index is 1.85. The fourth-order valence-electron chi connectivity index (χ4n) is 3.63. The Hall–Kier alpha value is -2.93. The van der Waals surface area contributed by atoms with E-state index in [-0.39, 0.29) is 24.7 Å². The van der Waals surface area contributed by atoms with Crippen LogP contribution in [0.2, 0.25) is 0 Å². The number of fused-ring (bicyclic) bond motifs is 1. The summed E-state index contributed by atoms with van der Waals surface area (Å²) in [5.41, 5.74) is 2.74. The average molecular weight is 429 g/mol. The maximum Gasteiger partial charge on any atom is 0.303 e. The van der Waals surface area contributed by atoms with Crippen molar-refractivity contribution >= 4 is 11.9 Å². The number of rotatable bonds is 5. The first-order chi connectivity index (χ1) is 15.0. The van der Waals surface area contributed by atoms with Crippen molar-refractivity contribution in [2.24, 2.45) is 0 Å². The van der Waals surface area contributed by atoms with Crippen molar-refractivity contribution in [2.45, 2.75) is 45.2 Å². The van der Waals surface area contributed by atoms with Crippen molar-refractivity contribution in [3.8, 4) is 5.75 Å². The summed E-state index contributed by atoms with van der Waals surface area (Å²) in [4.78, 5) is 25.4. The van der Waals surface area contributed by atoms with Crippen LogP contribution in [0.1, 0.15) is 42.4 Å². The van der Waals surface area contributed by atoms with Crippen molar-refractivity contribution in [1.82, 2.24) is 10.2 Å². The highest BCUT2D eigenvalue weighted by Gasteiger charge is 2.16. The highest BCUT2D eigenvalue weighted by molar-refractivity contribution is 5.78. The van der Waals surface area contributed by atoms with E-state index in [2.05, 4.69) is 5.32 Å². The van der Waals surface area contributed by atoms with Gasteiger partial charge in [-0.25, -0.2) is 4.39 Å². The Labute approximate surface area is 182 Å². The lowest BCUT2D eigenvalue weighted by atomic mass is 10.0. The molecule has 1 aliphatic rings. The van der Waals surface area contributed by atoms with Crippen LogP contribution >= 0.6 is 0 Å². The molecular weight excluding hydrogens is 399 g/mol. The molecule has 7 heteroatoms. The van der Waals surface area contributed by atoms with Gasteiger partial charge >= 0.3 is 5.97 Å². The molecule has 0 spiro atoms. The Kier molecular flexibility index (Phi) is 8.41. The molecule has 0 unspecified atom stereocenters. The van der Waals surface area contributed by atoms with Crippen molar-refractivity contribution in [2.75, 3.05) is 19.7 Å². The van der Waals surface area contributed by atoms with Crippen LogP contribution < -0.4 is 10.1 Å². The van der Waals surface area contributed by atoms with E-state index in [1.54, 1.807) is 12.1 Å². The van der Waals surface area contributed by atoms with Crippen LogP contribution in [-0.2, 0) is 29.1 Å². The standard InChI is InChI=1S/C24H29FN2O4/c25-21-8-4-19(5-9-21)15-27-16-20-14-18(7-11-24(29)30)6-10-22(20)31-13-3-1-2-12-26-23(28)17-27/h4-6,8-10,14H,1-3,7,11-13,15-17H2,(H,26,28)(H,29,30). The molecule has 0 saturated heterocycles. The van der Waals surface area contributed by atoms with Gasteiger partial charge in [0.25, 0.3) is 0 Å². The van der Waals surface area contributed by atoms with Crippen LogP contribution in [0.5, 0.6) is 5.75 Å². The summed E-state index contributed by atoms with van der Waals surface area (Å²) in [6, 6.07) is 12.0. The van der Waals surface area contributed by atoms with Gasteiger partial charge in [0, 0.05) is 31.6 Å². The number of hydrogen-bond donors (Lipinski definition) is 2. The largest absolute Gasteiger partial charge is 0.493 e. The third-order valence-corrected chi connectivity index (χ3v) is 5.23. The van der Waals surface area contributed by atoms with E-state index >= 15 is 0 Å². The number of aliphatic carboxylic acids is 1. The highest BCUT2D eigenvalue weighted by atomic mass is 19.1. The van der Waals surface area contributed by atoms with Gasteiger partial charge in [0.15, 0.2) is 0 Å². The highest BCUT2D eigenvalue weighted by Crippen LogP contribution is 2.24. The van der Waals surface area contributed by atoms with Gasteiger partial charge in [-0.3, -0.25) is 14.5 Å². The van der Waals surface area contributed by atoms with Gasteiger partial charge in [0.1, 0.15) is 11.6 Å². The van der Waals surface area contributed by atoms with Gasteiger partial charge in [0.05, 0.1) is 13.2 Å². The molecule has 31 heavy (non-hydrogen) atoms. The molecule has 0 radical (unpaired) electrons. The second-order valence-corrected chi connectivity index (χ2v) is 7.87. The van der Waals surface area contributed by atoms with Crippen LogP contribution in [0.4, 0.5) is 4.39 Å². The minimum absolute atomic E-state index is 0.0501. The molecule has 0 atom stereocenters. The molecule has 166 valence electrons. The molecule has 0 fully saturated rings. The monoisotopic (exact) mass is 428 g/mol. The molecule has 3 rings (SSSR count). The van der Waals surface area contributed by atoms with Gasteiger partial charge in [-0.2, -0.15) is 0 Å². The number of ether oxygens (including phenoxy) is 1. The van der Waals surface area contributed by atoms with Crippen molar-refractivity contribution in [3.63, 3.8) is 0 Å². The zero-order valence-electron chi connectivity index (χ0n) is 17.6. The second kappa shape index (κ2) is 11.5. The topological polar surface area (TPSA) is 78.9 Å². The number of carboxylic acids is 1. The lowest BCUT2D eigenvalue weighted by Crippen LogP contribution is -2.37. The minimum Gasteiger partial charge on any atom is -0.493 e. The van der Waals surface area contributed by atoms with Gasteiger partial charge in [-0.05, 0) is 55.0 Å². The fraction of sp³-hybridized carbons (Fsp3) is 0.417. The maximum absolute atomic E-state index is 13.3. The van der Waals surface area contributed by atoms with E-state index in [1.807, 2.05) is 23.1 Å². The van der Waals surface area contributed by atoms with E-state index in [0.717, 1.165) is 41.7 Å². The quantitative estimate of drug-likeness (QED) is 0.762. The number of aryl methyl sites for hydroxylation is 1. The summed E-state index contributed by atoms with van der Waals surface area (Å²) in [5.74, 6) is -0.433. The zero-order chi connectivity index (χ0) is 22.1. The molecular formula is C24H29FN2O4. The molecule has 6 nitrogen and oxygen atoms in total. The van der Waals surface area contributed by atoms with Crippen LogP contribution in [-0.4, -0.2) is 41.6 Å². The number of carbonyl (C=O) groups excluding carboxylic acids is 1. The third kappa shape index (κ3) is 7.68. The Bertz CT molecular complexity index is 886. The van der Waals surface area contributed by atoms with Crippen LogP contribution in [0.15, 0.2) is 42.5 Å². The van der Waals surface area contributed by atoms with Gasteiger partial charge in [-0.15, -0.1) is 0 Å². The number of benzene rings is 2. The van der Waals surface area contributed by atoms with Crippen molar-refractivity contribution in [1.29, 1.82) is 0 Å². The summed E-state index contributed by atoms with van der Waals surface area (Å²) in [5, 5.41) is 12.0. The zero-order valence-corrected chi connectivity index (χ0v) is 17.6. The molecule has 1 heterocycles. The summed E-state index contributed by atoms with van der Waals surface area (Å²) in [6.07, 6.45) is 3.25. The SMILES string of the molecule is O=C(O)CCc1ccc2c(c1)CN(Cc1ccc(F)cc1)CC(=O)NCCCCCO2. The van der Waals surface area contributed by atoms with E-state index in [1.165, 1.54) is 12.1 Å². The molecule has 0 bridgehead atoms. The molecule has 2 aromatic rings. The van der Waals surface area contributed by atoms with E-state index < -0.39 is 5.97 Å². The summed E-state index contributed by atoms with van der Waals surface area (Å²) >= 11 is 0. The summed E-state index contributed by atoms with van der Waals surface area (Å²) in [7, 11) is 0. The summed E-state index contributed by atoms with van der Waals surface area (Å²) in [6.45, 7) is 2.37. The number of carboxylic acid groups (broad SMARTS) is 1. The molecule has 0 saturated carbocycles. The van der Waals surface area contributed by atoms with Gasteiger partial charge < -0.3 is 15.2 Å². The first-order valence-electron chi connectivity index (χ1n) is 10.7. The number of nitrogens with one attached hydrogen (secondary N) is 1. The lowest BCUT2D eigenvalue weighted by Gasteiger charge is -2.24. The van der Waals surface area contributed by atoms with Crippen LogP contribution in [0.25, 0.3) is 0 Å². The molecule has 0 aromatic heterocycles. The molecule has 1 aliphatic heterocycles. The van der Waals surface area contributed by atoms with Crippen molar-refractivity contribution < 1.29 is 23.8 Å². The van der Waals surface area contributed by atoms with E-state index in [9.17, 15) is 14.0 Å². The molecule has 2 N–H and O–H groups in total. The number of carbonyl (C=O) groups is 2. The molecule has 0 aliphatic carbocycles. The molecule has 1 amide bonds. The summed E-state index contributed by atoms with van der Waals surface area (Å²) < 4.78 is 19.3. The van der Waals surface area contributed by atoms with Crippen LogP contribution in [0.3, 0.4) is 0 Å². The number of hydrogen-bond acceptors (Lipinski definition) is 4. The Morgan fingerprint density at radius 1 is 1.06 bits per heavy atom. The minimum atomic E-state index is -0.838. The Morgan fingerprint density at radius 2 is 1.84 bits per heavy atom. The van der Waals surface area contributed by atoms with Gasteiger partial charge in [0.2, 0.25) is 5.91 Å². The first kappa shape index (κ1) is 22.7. The third-order valence-electron chi connectivity index (χ3n) is 5.23. The van der Waals surface area contributed by atoms with E-state index in [4.69, 9.17) is 9.84 Å². The number of nitrogens with zero attached hydrogens (tertiary/aromatic N) is 1. The normalized spacial score (nSPS) is 16.1. The predicted octanol–water partition coefficient (Wildman–Crippen LogP) is 3.52. The van der Waals surface area contributed by atoms with Crippen LogP contribution in [0, 0.1) is 5.82 Å². The fourth-order valence-corrected chi connectivity index (χ4v) is 3.63. The number of amides is 1. The number of halogens is 1. The van der Waals surface area contributed by atoms with E-state index in [0.29, 0.717) is 32.7 Å².